The summed E-state index contributed by atoms with van der Waals surface area (Å²) in [6.07, 6.45) is 9.88. The van der Waals surface area contributed by atoms with Gasteiger partial charge in [-0.25, -0.2) is 9.67 Å². The summed E-state index contributed by atoms with van der Waals surface area (Å²) < 4.78 is 1.79. The lowest BCUT2D eigenvalue weighted by atomic mass is 9.92. The first-order valence-corrected chi connectivity index (χ1v) is 6.80. The Hall–Kier alpha value is -1.88. The number of hydrogen-bond acceptors (Lipinski definition) is 4. The molecule has 3 N–H and O–H groups in total. The molecule has 2 heterocycles. The van der Waals surface area contributed by atoms with Crippen molar-refractivity contribution < 1.29 is 0 Å². The van der Waals surface area contributed by atoms with Crippen LogP contribution in [-0.2, 0) is 0 Å². The molecular formula is C14H19N5. The highest BCUT2D eigenvalue weighted by molar-refractivity contribution is 5.56. The summed E-state index contributed by atoms with van der Waals surface area (Å²) >= 11 is 0. The first kappa shape index (κ1) is 12.2. The van der Waals surface area contributed by atoms with Gasteiger partial charge in [0.25, 0.3) is 0 Å². The maximum atomic E-state index is 5.94. The molecule has 1 fully saturated rings. The lowest BCUT2D eigenvalue weighted by Crippen LogP contribution is -2.33. The maximum absolute atomic E-state index is 5.94. The fraction of sp³-hybridized carbons (Fsp3) is 0.429. The van der Waals surface area contributed by atoms with E-state index in [-0.39, 0.29) is 0 Å². The Morgan fingerprint density at radius 2 is 2.00 bits per heavy atom. The van der Waals surface area contributed by atoms with E-state index in [1.54, 1.807) is 17.1 Å². The predicted octanol–water partition coefficient (Wildman–Crippen LogP) is 1.95. The molecule has 5 nitrogen and oxygen atoms in total. The van der Waals surface area contributed by atoms with E-state index in [4.69, 9.17) is 5.73 Å². The van der Waals surface area contributed by atoms with Crippen molar-refractivity contribution in [2.24, 2.45) is 5.73 Å². The van der Waals surface area contributed by atoms with Crippen LogP contribution in [0.2, 0.25) is 0 Å². The molecule has 0 spiro atoms. The Morgan fingerprint density at radius 1 is 1.16 bits per heavy atom. The van der Waals surface area contributed by atoms with Crippen LogP contribution in [0.15, 0.2) is 36.8 Å². The zero-order chi connectivity index (χ0) is 13.1. The van der Waals surface area contributed by atoms with Crippen molar-refractivity contribution in [3.63, 3.8) is 0 Å². The summed E-state index contributed by atoms with van der Waals surface area (Å²) in [6.45, 7) is 0. The predicted molar refractivity (Wildman–Crippen MR) is 75.2 cm³/mol. The number of nitrogens with two attached hydrogens (primary N) is 1. The molecule has 19 heavy (non-hydrogen) atoms. The monoisotopic (exact) mass is 257 g/mol. The fourth-order valence-corrected chi connectivity index (χ4v) is 2.57. The molecule has 0 atom stereocenters. The molecule has 100 valence electrons. The standard InChI is InChI=1S/C14H19N5/c15-11-4-6-12(7-5-11)18-13-3-1-8-16-14(13)19-10-2-9-17-19/h1-3,8-12,18H,4-7,15H2. The van der Waals surface area contributed by atoms with E-state index in [0.29, 0.717) is 12.1 Å². The van der Waals surface area contributed by atoms with Crippen LogP contribution < -0.4 is 11.1 Å². The molecule has 0 saturated heterocycles. The highest BCUT2D eigenvalue weighted by atomic mass is 15.3. The van der Waals surface area contributed by atoms with Crippen LogP contribution in [0, 0.1) is 0 Å². The van der Waals surface area contributed by atoms with Crippen LogP contribution in [0.1, 0.15) is 25.7 Å². The van der Waals surface area contributed by atoms with E-state index < -0.39 is 0 Å². The van der Waals surface area contributed by atoms with E-state index in [1.807, 2.05) is 18.3 Å². The molecule has 5 heteroatoms. The van der Waals surface area contributed by atoms with Crippen molar-refractivity contribution in [3.8, 4) is 5.82 Å². The van der Waals surface area contributed by atoms with Gasteiger partial charge in [0, 0.05) is 30.7 Å². The highest BCUT2D eigenvalue weighted by Crippen LogP contribution is 2.23. The molecule has 3 rings (SSSR count). The third-order valence-electron chi connectivity index (χ3n) is 3.64. The van der Waals surface area contributed by atoms with Crippen LogP contribution in [0.5, 0.6) is 0 Å². The normalized spacial score (nSPS) is 23.2. The first-order chi connectivity index (χ1) is 9.33. The number of anilines is 1. The summed E-state index contributed by atoms with van der Waals surface area (Å²) in [5.41, 5.74) is 6.98. The van der Waals surface area contributed by atoms with Gasteiger partial charge in [-0.3, -0.25) is 0 Å². The smallest absolute Gasteiger partial charge is 0.176 e. The fourth-order valence-electron chi connectivity index (χ4n) is 2.57. The van der Waals surface area contributed by atoms with Crippen molar-refractivity contribution in [1.82, 2.24) is 14.8 Å². The Morgan fingerprint density at radius 3 is 2.74 bits per heavy atom. The van der Waals surface area contributed by atoms with E-state index >= 15 is 0 Å². The van der Waals surface area contributed by atoms with E-state index in [9.17, 15) is 0 Å². The molecule has 1 saturated carbocycles. The van der Waals surface area contributed by atoms with Gasteiger partial charge in [0.05, 0.1) is 5.69 Å². The van der Waals surface area contributed by atoms with E-state index in [2.05, 4.69) is 21.5 Å². The number of nitrogens with one attached hydrogen (secondary N) is 1. The molecule has 0 aromatic carbocycles. The van der Waals surface area contributed by atoms with Gasteiger partial charge < -0.3 is 11.1 Å². The van der Waals surface area contributed by atoms with Gasteiger partial charge >= 0.3 is 0 Å². The molecule has 2 aromatic heterocycles. The van der Waals surface area contributed by atoms with E-state index in [0.717, 1.165) is 37.2 Å². The molecule has 1 aliphatic carbocycles. The van der Waals surface area contributed by atoms with Crippen molar-refractivity contribution in [2.45, 2.75) is 37.8 Å². The van der Waals surface area contributed by atoms with Gasteiger partial charge in [-0.1, -0.05) is 0 Å². The minimum absolute atomic E-state index is 0.373. The lowest BCUT2D eigenvalue weighted by molar-refractivity contribution is 0.411. The summed E-state index contributed by atoms with van der Waals surface area (Å²) in [5.74, 6) is 0.849. The lowest BCUT2D eigenvalue weighted by Gasteiger charge is -2.28. The molecule has 0 amide bonds. The maximum Gasteiger partial charge on any atom is 0.176 e. The van der Waals surface area contributed by atoms with Crippen LogP contribution in [0.4, 0.5) is 5.69 Å². The first-order valence-electron chi connectivity index (χ1n) is 6.80. The van der Waals surface area contributed by atoms with Crippen molar-refractivity contribution in [2.75, 3.05) is 5.32 Å². The minimum Gasteiger partial charge on any atom is -0.379 e. The second-order valence-electron chi connectivity index (χ2n) is 5.08. The number of hydrogen-bond donors (Lipinski definition) is 2. The number of rotatable bonds is 3. The topological polar surface area (TPSA) is 68.8 Å². The Labute approximate surface area is 112 Å². The Balaban J connectivity index is 1.78. The van der Waals surface area contributed by atoms with Crippen LogP contribution >= 0.6 is 0 Å². The molecule has 1 aliphatic rings. The van der Waals surface area contributed by atoms with Gasteiger partial charge in [-0.15, -0.1) is 0 Å². The molecule has 0 radical (unpaired) electrons. The molecule has 0 unspecified atom stereocenters. The summed E-state index contributed by atoms with van der Waals surface area (Å²) in [7, 11) is 0. The average Bonchev–Trinajstić information content (AvgIpc) is 2.96. The van der Waals surface area contributed by atoms with Crippen molar-refractivity contribution in [1.29, 1.82) is 0 Å². The third-order valence-corrected chi connectivity index (χ3v) is 3.64. The van der Waals surface area contributed by atoms with Gasteiger partial charge in [0.2, 0.25) is 0 Å². The van der Waals surface area contributed by atoms with Crippen LogP contribution in [-0.4, -0.2) is 26.8 Å². The third kappa shape index (κ3) is 2.76. The summed E-state index contributed by atoms with van der Waals surface area (Å²) in [4.78, 5) is 4.41. The summed E-state index contributed by atoms with van der Waals surface area (Å²) in [5, 5.41) is 7.83. The van der Waals surface area contributed by atoms with Crippen LogP contribution in [0.3, 0.4) is 0 Å². The second kappa shape index (κ2) is 5.40. The Bertz CT molecular complexity index is 514. The number of nitrogens with zero attached hydrogens (tertiary/aromatic N) is 3. The van der Waals surface area contributed by atoms with Crippen molar-refractivity contribution in [3.05, 3.63) is 36.8 Å². The Kier molecular flexibility index (Phi) is 3.46. The van der Waals surface area contributed by atoms with Gasteiger partial charge in [-0.05, 0) is 43.9 Å². The van der Waals surface area contributed by atoms with Crippen molar-refractivity contribution >= 4 is 5.69 Å². The zero-order valence-electron chi connectivity index (χ0n) is 10.9. The van der Waals surface area contributed by atoms with Gasteiger partial charge in [0.1, 0.15) is 0 Å². The largest absolute Gasteiger partial charge is 0.379 e. The SMILES string of the molecule is NC1CCC(Nc2cccnc2-n2cccn2)CC1. The molecule has 0 aliphatic heterocycles. The van der Waals surface area contributed by atoms with Gasteiger partial charge in [0.15, 0.2) is 5.82 Å². The average molecular weight is 257 g/mol. The molecule has 0 bridgehead atoms. The zero-order valence-corrected chi connectivity index (χ0v) is 10.9. The number of aromatic nitrogens is 3. The minimum atomic E-state index is 0.373. The molecule has 2 aromatic rings. The van der Waals surface area contributed by atoms with Crippen LogP contribution in [0.25, 0.3) is 5.82 Å². The van der Waals surface area contributed by atoms with E-state index in [1.165, 1.54) is 0 Å². The quantitative estimate of drug-likeness (QED) is 0.881. The molecular weight excluding hydrogens is 238 g/mol. The summed E-state index contributed by atoms with van der Waals surface area (Å²) in [6, 6.07) is 6.76. The highest BCUT2D eigenvalue weighted by Gasteiger charge is 2.19. The second-order valence-corrected chi connectivity index (χ2v) is 5.08. The number of pyridine rings is 1. The van der Waals surface area contributed by atoms with Gasteiger partial charge in [-0.2, -0.15) is 5.10 Å².